The van der Waals surface area contributed by atoms with Gasteiger partial charge in [0, 0.05) is 30.4 Å². The maximum atomic E-state index is 13.9. The number of aromatic nitrogens is 3. The topological polar surface area (TPSA) is 59.7 Å². The van der Waals surface area contributed by atoms with Crippen molar-refractivity contribution >= 4 is 23.1 Å². The average molecular weight is 454 g/mol. The van der Waals surface area contributed by atoms with E-state index in [9.17, 15) is 18.0 Å². The summed E-state index contributed by atoms with van der Waals surface area (Å²) in [5.74, 6) is -4.34. The molecule has 0 aliphatic heterocycles. The summed E-state index contributed by atoms with van der Waals surface area (Å²) in [7, 11) is 1.81. The zero-order valence-corrected chi connectivity index (χ0v) is 18.5. The summed E-state index contributed by atoms with van der Waals surface area (Å²) in [6, 6.07) is 10.6. The Bertz CT molecular complexity index is 1340. The Labute approximate surface area is 188 Å². The van der Waals surface area contributed by atoms with Gasteiger partial charge < -0.3 is 9.64 Å². The second-order valence-electron chi connectivity index (χ2n) is 7.57. The van der Waals surface area contributed by atoms with Gasteiger partial charge in [-0.25, -0.2) is 22.9 Å². The van der Waals surface area contributed by atoms with E-state index in [4.69, 9.17) is 4.74 Å². The third kappa shape index (κ3) is 4.02. The van der Waals surface area contributed by atoms with Gasteiger partial charge in [-0.3, -0.25) is 0 Å². The Balaban J connectivity index is 1.97. The van der Waals surface area contributed by atoms with E-state index >= 15 is 0 Å². The van der Waals surface area contributed by atoms with Crippen molar-refractivity contribution in [1.29, 1.82) is 0 Å². The van der Waals surface area contributed by atoms with Gasteiger partial charge in [-0.15, -0.1) is 0 Å². The molecule has 0 amide bonds. The maximum absolute atomic E-state index is 13.9. The number of hydrogen-bond acceptors (Lipinski definition) is 5. The number of rotatable bonds is 5. The molecule has 0 radical (unpaired) electrons. The summed E-state index contributed by atoms with van der Waals surface area (Å²) in [5, 5.41) is 4.35. The van der Waals surface area contributed by atoms with Crippen LogP contribution >= 0.6 is 0 Å². The lowest BCUT2D eigenvalue weighted by Gasteiger charge is -2.24. The third-order valence-electron chi connectivity index (χ3n) is 5.29. The lowest BCUT2D eigenvalue weighted by atomic mass is 10.1. The Kier molecular flexibility index (Phi) is 5.80. The normalized spacial score (nSPS) is 11.1. The van der Waals surface area contributed by atoms with E-state index in [1.165, 1.54) is 10.6 Å². The highest BCUT2D eigenvalue weighted by Gasteiger charge is 2.21. The van der Waals surface area contributed by atoms with Crippen LogP contribution in [-0.2, 0) is 4.74 Å². The molecule has 0 saturated heterocycles. The summed E-state index contributed by atoms with van der Waals surface area (Å²) in [6.07, 6.45) is 0. The second kappa shape index (κ2) is 8.57. The Morgan fingerprint density at radius 1 is 1.06 bits per heavy atom. The lowest BCUT2D eigenvalue weighted by Crippen LogP contribution is -2.17. The molecule has 170 valence electrons. The number of ether oxygens (including phenoxy) is 1. The van der Waals surface area contributed by atoms with Gasteiger partial charge >= 0.3 is 5.97 Å². The first-order chi connectivity index (χ1) is 15.7. The molecule has 9 heteroatoms. The largest absolute Gasteiger partial charge is 0.461 e. The molecule has 0 saturated carbocycles. The van der Waals surface area contributed by atoms with Gasteiger partial charge in [0.2, 0.25) is 0 Å². The fourth-order valence-electron chi connectivity index (χ4n) is 3.80. The zero-order valence-electron chi connectivity index (χ0n) is 18.5. The summed E-state index contributed by atoms with van der Waals surface area (Å²) in [4.78, 5) is 18.5. The van der Waals surface area contributed by atoms with Crippen LogP contribution in [0.25, 0.3) is 16.9 Å². The van der Waals surface area contributed by atoms with Crippen molar-refractivity contribution in [1.82, 2.24) is 14.6 Å². The number of nitrogens with zero attached hydrogens (tertiary/aromatic N) is 4. The number of hydrogen-bond donors (Lipinski definition) is 0. The van der Waals surface area contributed by atoms with Crippen LogP contribution in [0.4, 0.5) is 24.7 Å². The van der Waals surface area contributed by atoms with Crippen molar-refractivity contribution in [2.75, 3.05) is 18.6 Å². The van der Waals surface area contributed by atoms with Crippen molar-refractivity contribution < 1.29 is 22.7 Å². The Morgan fingerprint density at radius 3 is 2.30 bits per heavy atom. The average Bonchev–Trinajstić information content (AvgIpc) is 3.21. The lowest BCUT2D eigenvalue weighted by molar-refractivity contribution is 0.0519. The number of para-hydroxylation sites is 1. The van der Waals surface area contributed by atoms with Gasteiger partial charge in [-0.2, -0.15) is 9.61 Å². The number of halogens is 3. The fraction of sp³-hybridized carbons (Fsp3) is 0.208. The van der Waals surface area contributed by atoms with Crippen LogP contribution in [0.1, 0.15) is 28.5 Å². The first-order valence-corrected chi connectivity index (χ1v) is 10.2. The van der Waals surface area contributed by atoms with E-state index in [2.05, 4.69) is 10.1 Å². The number of benzene rings is 2. The summed E-state index contributed by atoms with van der Waals surface area (Å²) < 4.78 is 47.9. The highest BCUT2D eigenvalue weighted by atomic mass is 19.2. The van der Waals surface area contributed by atoms with E-state index in [-0.39, 0.29) is 29.2 Å². The molecule has 0 aliphatic rings. The number of carbonyl (C=O) groups excluding carboxylic acids is 1. The molecule has 0 N–H and O–H groups in total. The summed E-state index contributed by atoms with van der Waals surface area (Å²) in [5.41, 5.74) is 3.39. The molecule has 6 nitrogen and oxygen atoms in total. The van der Waals surface area contributed by atoms with Gasteiger partial charge in [0.15, 0.2) is 28.8 Å². The molecule has 2 aromatic carbocycles. The van der Waals surface area contributed by atoms with Crippen molar-refractivity contribution in [3.8, 4) is 11.3 Å². The predicted molar refractivity (Wildman–Crippen MR) is 118 cm³/mol. The molecule has 0 bridgehead atoms. The van der Waals surface area contributed by atoms with Gasteiger partial charge in [0.1, 0.15) is 5.82 Å². The first kappa shape index (κ1) is 22.3. The van der Waals surface area contributed by atoms with E-state index in [1.54, 1.807) is 13.0 Å². The van der Waals surface area contributed by atoms with Gasteiger partial charge in [-0.1, -0.05) is 18.2 Å². The minimum Gasteiger partial charge on any atom is -0.461 e. The standard InChI is InChI=1S/C24H21F3N4O2/c1-5-33-24(32)19-11-20-28-18(15-9-16(25)22(27)17(26)10-15)12-21(31(20)29-19)30(4)23-13(2)7-6-8-14(23)3/h6-12H,5H2,1-4H3. The molecule has 2 aromatic heterocycles. The fourth-order valence-corrected chi connectivity index (χ4v) is 3.80. The third-order valence-corrected chi connectivity index (χ3v) is 5.29. The maximum Gasteiger partial charge on any atom is 0.358 e. The molecular weight excluding hydrogens is 433 g/mol. The number of fused-ring (bicyclic) bond motifs is 1. The quantitative estimate of drug-likeness (QED) is 0.300. The summed E-state index contributed by atoms with van der Waals surface area (Å²) in [6.45, 7) is 5.77. The predicted octanol–water partition coefficient (Wildman–Crippen LogP) is 5.38. The van der Waals surface area contributed by atoms with Crippen molar-refractivity contribution in [2.24, 2.45) is 0 Å². The van der Waals surface area contributed by atoms with Crippen LogP contribution in [0.15, 0.2) is 42.5 Å². The molecule has 0 fully saturated rings. The number of aryl methyl sites for hydroxylation is 2. The zero-order chi connectivity index (χ0) is 23.9. The monoisotopic (exact) mass is 454 g/mol. The van der Waals surface area contributed by atoms with Crippen LogP contribution in [0.5, 0.6) is 0 Å². The van der Waals surface area contributed by atoms with E-state index in [0.717, 1.165) is 28.9 Å². The summed E-state index contributed by atoms with van der Waals surface area (Å²) >= 11 is 0. The Morgan fingerprint density at radius 2 is 1.70 bits per heavy atom. The Hall–Kier alpha value is -3.88. The van der Waals surface area contributed by atoms with E-state index < -0.39 is 23.4 Å². The molecule has 4 aromatic rings. The van der Waals surface area contributed by atoms with Crippen molar-refractivity contribution in [3.63, 3.8) is 0 Å². The molecule has 2 heterocycles. The highest BCUT2D eigenvalue weighted by molar-refractivity contribution is 5.89. The van der Waals surface area contributed by atoms with Crippen LogP contribution < -0.4 is 4.90 Å². The molecule has 4 rings (SSSR count). The molecule has 0 unspecified atom stereocenters. The second-order valence-corrected chi connectivity index (χ2v) is 7.57. The smallest absolute Gasteiger partial charge is 0.358 e. The molecule has 0 aliphatic carbocycles. The molecular formula is C24H21F3N4O2. The van der Waals surface area contributed by atoms with Crippen LogP contribution in [0, 0.1) is 31.3 Å². The highest BCUT2D eigenvalue weighted by Crippen LogP contribution is 2.33. The molecule has 0 spiro atoms. The van der Waals surface area contributed by atoms with Crippen LogP contribution in [0.3, 0.4) is 0 Å². The van der Waals surface area contributed by atoms with Gasteiger partial charge in [0.25, 0.3) is 0 Å². The van der Waals surface area contributed by atoms with Crippen molar-refractivity contribution in [2.45, 2.75) is 20.8 Å². The number of esters is 1. The van der Waals surface area contributed by atoms with Gasteiger partial charge in [0.05, 0.1) is 12.3 Å². The minimum absolute atomic E-state index is 0.0362. The SMILES string of the molecule is CCOC(=O)c1cc2nc(-c3cc(F)c(F)c(F)c3)cc(N(C)c3c(C)cccc3C)n2n1. The molecule has 33 heavy (non-hydrogen) atoms. The number of carbonyl (C=O) groups is 1. The van der Waals surface area contributed by atoms with Crippen molar-refractivity contribution in [3.05, 3.63) is 76.7 Å². The minimum atomic E-state index is -1.55. The van der Waals surface area contributed by atoms with Gasteiger partial charge in [-0.05, 0) is 44.0 Å². The van der Waals surface area contributed by atoms with E-state index in [0.29, 0.717) is 5.82 Å². The first-order valence-electron chi connectivity index (χ1n) is 10.2. The molecule has 0 atom stereocenters. The van der Waals surface area contributed by atoms with Crippen LogP contribution in [-0.4, -0.2) is 34.2 Å². The van der Waals surface area contributed by atoms with E-state index in [1.807, 2.05) is 44.0 Å². The van der Waals surface area contributed by atoms with Crippen LogP contribution in [0.2, 0.25) is 0 Å². The number of anilines is 2.